The van der Waals surface area contributed by atoms with Gasteiger partial charge >= 0.3 is 0 Å². The lowest BCUT2D eigenvalue weighted by atomic mass is 10.2. The van der Waals surface area contributed by atoms with Crippen molar-refractivity contribution in [3.05, 3.63) is 53.6 Å². The Kier molecular flexibility index (Phi) is 6.36. The molecule has 0 aliphatic carbocycles. The SMILES string of the molecule is C[C@@H](Oc1ccccc1Cl)C(=O)Nc1ccc(OC[C@@H]2CCCO2)cc1. The van der Waals surface area contributed by atoms with Crippen molar-refractivity contribution < 1.29 is 19.0 Å². The molecule has 1 N–H and O–H groups in total. The highest BCUT2D eigenvalue weighted by molar-refractivity contribution is 6.32. The van der Waals surface area contributed by atoms with Crippen LogP contribution in [0.3, 0.4) is 0 Å². The number of halogens is 1. The third-order valence-electron chi connectivity index (χ3n) is 4.09. The topological polar surface area (TPSA) is 56.8 Å². The van der Waals surface area contributed by atoms with Gasteiger partial charge in [-0.1, -0.05) is 23.7 Å². The minimum Gasteiger partial charge on any atom is -0.491 e. The summed E-state index contributed by atoms with van der Waals surface area (Å²) in [5.41, 5.74) is 0.675. The van der Waals surface area contributed by atoms with Gasteiger partial charge in [-0.25, -0.2) is 0 Å². The average molecular weight is 376 g/mol. The van der Waals surface area contributed by atoms with Crippen molar-refractivity contribution in [2.24, 2.45) is 0 Å². The van der Waals surface area contributed by atoms with Crippen LogP contribution in [-0.2, 0) is 9.53 Å². The van der Waals surface area contributed by atoms with Gasteiger partial charge in [0.1, 0.15) is 18.1 Å². The Morgan fingerprint density at radius 3 is 2.73 bits per heavy atom. The molecule has 2 aromatic carbocycles. The van der Waals surface area contributed by atoms with Crippen LogP contribution >= 0.6 is 11.6 Å². The van der Waals surface area contributed by atoms with E-state index in [1.165, 1.54) is 0 Å². The molecule has 1 heterocycles. The number of ether oxygens (including phenoxy) is 3. The van der Waals surface area contributed by atoms with Gasteiger partial charge in [-0.2, -0.15) is 0 Å². The molecule has 6 heteroatoms. The number of para-hydroxylation sites is 1. The van der Waals surface area contributed by atoms with Crippen molar-refractivity contribution in [2.75, 3.05) is 18.5 Å². The second-order valence-electron chi connectivity index (χ2n) is 6.15. The van der Waals surface area contributed by atoms with Gasteiger partial charge in [-0.3, -0.25) is 4.79 Å². The zero-order chi connectivity index (χ0) is 18.4. The number of amides is 1. The summed E-state index contributed by atoms with van der Waals surface area (Å²) in [6, 6.07) is 14.3. The first kappa shape index (κ1) is 18.5. The first-order valence-electron chi connectivity index (χ1n) is 8.68. The predicted molar refractivity (Wildman–Crippen MR) is 101 cm³/mol. The van der Waals surface area contributed by atoms with Crippen molar-refractivity contribution in [2.45, 2.75) is 32.0 Å². The zero-order valence-corrected chi connectivity index (χ0v) is 15.4. The molecule has 0 aromatic heterocycles. The fraction of sp³-hybridized carbons (Fsp3) is 0.350. The van der Waals surface area contributed by atoms with Gasteiger partial charge in [0.25, 0.3) is 5.91 Å². The Morgan fingerprint density at radius 1 is 1.27 bits per heavy atom. The van der Waals surface area contributed by atoms with Crippen molar-refractivity contribution >= 4 is 23.2 Å². The third-order valence-corrected chi connectivity index (χ3v) is 4.40. The summed E-state index contributed by atoms with van der Waals surface area (Å²) in [7, 11) is 0. The fourth-order valence-corrected chi connectivity index (χ4v) is 2.81. The van der Waals surface area contributed by atoms with E-state index < -0.39 is 6.10 Å². The van der Waals surface area contributed by atoms with Crippen LogP contribution < -0.4 is 14.8 Å². The molecule has 26 heavy (non-hydrogen) atoms. The Morgan fingerprint density at radius 2 is 2.04 bits per heavy atom. The maximum absolute atomic E-state index is 12.3. The highest BCUT2D eigenvalue weighted by Crippen LogP contribution is 2.24. The van der Waals surface area contributed by atoms with E-state index in [1.54, 1.807) is 37.3 Å². The van der Waals surface area contributed by atoms with Gasteiger partial charge in [-0.05, 0) is 56.2 Å². The summed E-state index contributed by atoms with van der Waals surface area (Å²) in [4.78, 5) is 12.3. The van der Waals surface area contributed by atoms with Crippen LogP contribution in [0.4, 0.5) is 5.69 Å². The van der Waals surface area contributed by atoms with E-state index in [4.69, 9.17) is 25.8 Å². The molecule has 0 saturated carbocycles. The highest BCUT2D eigenvalue weighted by Gasteiger charge is 2.17. The lowest BCUT2D eigenvalue weighted by Gasteiger charge is -2.16. The monoisotopic (exact) mass is 375 g/mol. The smallest absolute Gasteiger partial charge is 0.265 e. The number of carbonyl (C=O) groups is 1. The number of rotatable bonds is 7. The molecule has 1 aliphatic heterocycles. The standard InChI is InChI=1S/C20H22ClNO4/c1-14(26-19-7-3-2-6-18(19)21)20(23)22-15-8-10-16(11-9-15)25-13-17-5-4-12-24-17/h2-3,6-11,14,17H,4-5,12-13H2,1H3,(H,22,23)/t14-,17+/m1/s1. The van der Waals surface area contributed by atoms with Crippen LogP contribution in [-0.4, -0.2) is 31.3 Å². The minimum atomic E-state index is -0.676. The third kappa shape index (κ3) is 5.13. The minimum absolute atomic E-state index is 0.178. The molecular weight excluding hydrogens is 354 g/mol. The summed E-state index contributed by atoms with van der Waals surface area (Å²) >= 11 is 6.05. The number of carbonyl (C=O) groups excluding carboxylic acids is 1. The van der Waals surface area contributed by atoms with Gasteiger partial charge in [0.15, 0.2) is 6.10 Å². The lowest BCUT2D eigenvalue weighted by molar-refractivity contribution is -0.122. The van der Waals surface area contributed by atoms with Crippen LogP contribution in [0.1, 0.15) is 19.8 Å². The molecule has 138 valence electrons. The number of hydrogen-bond donors (Lipinski definition) is 1. The van der Waals surface area contributed by atoms with Crippen LogP contribution in [0.5, 0.6) is 11.5 Å². The Labute approximate surface area is 158 Å². The molecule has 0 unspecified atom stereocenters. The van der Waals surface area contributed by atoms with Gasteiger partial charge in [0.05, 0.1) is 11.1 Å². The van der Waals surface area contributed by atoms with E-state index in [1.807, 2.05) is 18.2 Å². The molecule has 2 aromatic rings. The number of nitrogens with one attached hydrogen (secondary N) is 1. The first-order chi connectivity index (χ1) is 12.6. The Hall–Kier alpha value is -2.24. The Bertz CT molecular complexity index is 729. The summed E-state index contributed by atoms with van der Waals surface area (Å²) in [5.74, 6) is 0.978. The van der Waals surface area contributed by atoms with E-state index >= 15 is 0 Å². The van der Waals surface area contributed by atoms with Crippen LogP contribution in [0, 0.1) is 0 Å². The molecular formula is C20H22ClNO4. The van der Waals surface area contributed by atoms with E-state index in [0.29, 0.717) is 23.1 Å². The van der Waals surface area contributed by atoms with Crippen molar-refractivity contribution in [1.29, 1.82) is 0 Å². The second-order valence-corrected chi connectivity index (χ2v) is 6.56. The molecule has 3 rings (SSSR count). The summed E-state index contributed by atoms with van der Waals surface area (Å²) in [5, 5.41) is 3.29. The van der Waals surface area contributed by atoms with Gasteiger partial charge in [-0.15, -0.1) is 0 Å². The molecule has 0 spiro atoms. The zero-order valence-electron chi connectivity index (χ0n) is 14.6. The summed E-state index contributed by atoms with van der Waals surface area (Å²) in [6.07, 6.45) is 1.63. The van der Waals surface area contributed by atoms with Gasteiger partial charge in [0, 0.05) is 12.3 Å². The van der Waals surface area contributed by atoms with E-state index in [2.05, 4.69) is 5.32 Å². The second kappa shape index (κ2) is 8.92. The molecule has 1 aliphatic rings. The maximum Gasteiger partial charge on any atom is 0.265 e. The van der Waals surface area contributed by atoms with Crippen LogP contribution in [0.2, 0.25) is 5.02 Å². The van der Waals surface area contributed by atoms with Crippen LogP contribution in [0.25, 0.3) is 0 Å². The largest absolute Gasteiger partial charge is 0.491 e. The first-order valence-corrected chi connectivity index (χ1v) is 9.06. The number of benzene rings is 2. The van der Waals surface area contributed by atoms with Crippen molar-refractivity contribution in [1.82, 2.24) is 0 Å². The van der Waals surface area contributed by atoms with E-state index in [0.717, 1.165) is 25.2 Å². The van der Waals surface area contributed by atoms with E-state index in [9.17, 15) is 4.79 Å². The number of anilines is 1. The number of hydrogen-bond acceptors (Lipinski definition) is 4. The molecule has 1 amide bonds. The molecule has 0 radical (unpaired) electrons. The molecule has 1 saturated heterocycles. The van der Waals surface area contributed by atoms with Crippen molar-refractivity contribution in [3.63, 3.8) is 0 Å². The quantitative estimate of drug-likeness (QED) is 0.783. The predicted octanol–water partition coefficient (Wildman–Crippen LogP) is 4.30. The highest BCUT2D eigenvalue weighted by atomic mass is 35.5. The van der Waals surface area contributed by atoms with Gasteiger partial charge < -0.3 is 19.5 Å². The molecule has 5 nitrogen and oxygen atoms in total. The molecule has 2 atom stereocenters. The van der Waals surface area contributed by atoms with Gasteiger partial charge in [0.2, 0.25) is 0 Å². The molecule has 1 fully saturated rings. The lowest BCUT2D eigenvalue weighted by Crippen LogP contribution is -2.30. The summed E-state index contributed by atoms with van der Waals surface area (Å²) < 4.78 is 16.9. The Balaban J connectivity index is 1.49. The normalized spacial score (nSPS) is 17.5. The fourth-order valence-electron chi connectivity index (χ4n) is 2.63. The average Bonchev–Trinajstić information content (AvgIpc) is 3.16. The summed E-state index contributed by atoms with van der Waals surface area (Å²) in [6.45, 7) is 3.04. The van der Waals surface area contributed by atoms with Crippen LogP contribution in [0.15, 0.2) is 48.5 Å². The molecule has 0 bridgehead atoms. The van der Waals surface area contributed by atoms with E-state index in [-0.39, 0.29) is 12.0 Å². The maximum atomic E-state index is 12.3. The van der Waals surface area contributed by atoms with Crippen molar-refractivity contribution in [3.8, 4) is 11.5 Å².